The molecule has 224 valence electrons. The minimum Gasteiger partial charge on any atom is -0.497 e. The highest BCUT2D eigenvalue weighted by Gasteiger charge is 2.34. The number of benzene rings is 3. The van der Waals surface area contributed by atoms with Gasteiger partial charge < -0.3 is 15.0 Å². The molecule has 3 aromatic carbocycles. The average Bonchev–Trinajstić information content (AvgIpc) is 3.51. The summed E-state index contributed by atoms with van der Waals surface area (Å²) in [5.74, 6) is -0.969. The molecule has 1 atom stereocenters. The molecular weight excluding hydrogens is 581 g/mol. The Morgan fingerprint density at radius 1 is 1.05 bits per heavy atom. The van der Waals surface area contributed by atoms with Crippen molar-refractivity contribution in [3.8, 4) is 5.75 Å². The molecule has 11 heteroatoms. The van der Waals surface area contributed by atoms with E-state index >= 15 is 0 Å². The van der Waals surface area contributed by atoms with Crippen LogP contribution in [0.3, 0.4) is 0 Å². The number of hydrogen-bond donors (Lipinski definition) is 1. The molecule has 1 unspecified atom stereocenters. The van der Waals surface area contributed by atoms with E-state index in [4.69, 9.17) is 16.3 Å². The van der Waals surface area contributed by atoms with Crippen molar-refractivity contribution in [2.75, 3.05) is 18.0 Å². The number of hydrogen-bond acceptors (Lipinski definition) is 5. The second kappa shape index (κ2) is 14.0. The molecule has 0 saturated heterocycles. The highest BCUT2D eigenvalue weighted by Crippen LogP contribution is 2.29. The predicted octanol–water partition coefficient (Wildman–Crippen LogP) is 5.55. The maximum Gasteiger partial charge on any atom is 0.264 e. The van der Waals surface area contributed by atoms with Crippen LogP contribution in [0.5, 0.6) is 5.75 Å². The van der Waals surface area contributed by atoms with Crippen LogP contribution >= 0.6 is 11.6 Å². The number of amides is 2. The Kier molecular flexibility index (Phi) is 10.5. The molecule has 4 rings (SSSR count). The van der Waals surface area contributed by atoms with E-state index in [2.05, 4.69) is 5.32 Å². The van der Waals surface area contributed by atoms with Gasteiger partial charge in [0, 0.05) is 12.6 Å². The molecular formula is C31H35ClFN3O5S. The highest BCUT2D eigenvalue weighted by molar-refractivity contribution is 7.92. The van der Waals surface area contributed by atoms with E-state index in [9.17, 15) is 22.4 Å². The summed E-state index contributed by atoms with van der Waals surface area (Å²) in [6.45, 7) is 1.23. The van der Waals surface area contributed by atoms with Crippen molar-refractivity contribution in [3.63, 3.8) is 0 Å². The van der Waals surface area contributed by atoms with Gasteiger partial charge in [0.25, 0.3) is 10.0 Å². The fourth-order valence-corrected chi connectivity index (χ4v) is 6.71. The van der Waals surface area contributed by atoms with Crippen molar-refractivity contribution in [2.24, 2.45) is 0 Å². The van der Waals surface area contributed by atoms with E-state index in [0.717, 1.165) is 41.6 Å². The van der Waals surface area contributed by atoms with E-state index in [1.165, 1.54) is 29.2 Å². The molecule has 1 N–H and O–H groups in total. The lowest BCUT2D eigenvalue weighted by molar-refractivity contribution is -0.140. The van der Waals surface area contributed by atoms with Crippen LogP contribution in [0.2, 0.25) is 5.02 Å². The molecule has 1 fully saturated rings. The number of carbonyl (C=O) groups is 2. The Hall–Kier alpha value is -3.63. The van der Waals surface area contributed by atoms with Gasteiger partial charge >= 0.3 is 0 Å². The summed E-state index contributed by atoms with van der Waals surface area (Å²) < 4.78 is 47.9. The summed E-state index contributed by atoms with van der Waals surface area (Å²) >= 11 is 6.03. The second-order valence-electron chi connectivity index (χ2n) is 10.2. The second-order valence-corrected chi connectivity index (χ2v) is 12.5. The van der Waals surface area contributed by atoms with E-state index in [-0.39, 0.29) is 34.1 Å². The smallest absolute Gasteiger partial charge is 0.264 e. The minimum absolute atomic E-state index is 0.0199. The third kappa shape index (κ3) is 7.41. The summed E-state index contributed by atoms with van der Waals surface area (Å²) in [7, 11) is -2.73. The van der Waals surface area contributed by atoms with E-state index in [1.54, 1.807) is 49.6 Å². The summed E-state index contributed by atoms with van der Waals surface area (Å²) in [6.07, 6.45) is 4.13. The molecule has 0 aliphatic heterocycles. The number of methoxy groups -OCH3 is 1. The predicted molar refractivity (Wildman–Crippen MR) is 160 cm³/mol. The Morgan fingerprint density at radius 3 is 2.31 bits per heavy atom. The van der Waals surface area contributed by atoms with E-state index in [0.29, 0.717) is 12.2 Å². The molecule has 1 aliphatic carbocycles. The Balaban J connectivity index is 1.72. The number of rotatable bonds is 12. The van der Waals surface area contributed by atoms with Gasteiger partial charge in [-0.3, -0.25) is 13.9 Å². The third-order valence-corrected chi connectivity index (χ3v) is 9.48. The monoisotopic (exact) mass is 615 g/mol. The van der Waals surface area contributed by atoms with Gasteiger partial charge in [-0.2, -0.15) is 0 Å². The minimum atomic E-state index is -4.28. The number of ether oxygens (including phenoxy) is 1. The van der Waals surface area contributed by atoms with E-state index < -0.39 is 34.3 Å². The van der Waals surface area contributed by atoms with E-state index in [1.807, 2.05) is 6.92 Å². The number of nitrogens with one attached hydrogen (secondary N) is 1. The number of nitrogens with zero attached hydrogens (tertiary/aromatic N) is 2. The fraction of sp³-hybridized carbons (Fsp3) is 0.355. The van der Waals surface area contributed by atoms with Gasteiger partial charge in [0.2, 0.25) is 11.8 Å². The van der Waals surface area contributed by atoms with Crippen LogP contribution in [-0.2, 0) is 26.2 Å². The molecule has 1 saturated carbocycles. The molecule has 0 heterocycles. The molecule has 0 radical (unpaired) electrons. The lowest BCUT2D eigenvalue weighted by Crippen LogP contribution is -2.53. The first-order chi connectivity index (χ1) is 20.1. The number of anilines is 1. The first kappa shape index (κ1) is 31.3. The average molecular weight is 616 g/mol. The van der Waals surface area contributed by atoms with Gasteiger partial charge in [0.1, 0.15) is 24.2 Å². The normalized spacial score (nSPS) is 14.3. The largest absolute Gasteiger partial charge is 0.497 e. The first-order valence-corrected chi connectivity index (χ1v) is 15.7. The van der Waals surface area contributed by atoms with Gasteiger partial charge in [-0.15, -0.1) is 0 Å². The molecule has 8 nitrogen and oxygen atoms in total. The standard InChI is InChI=1S/C31H35ClFN3O5S/c1-3-29(31(38)34-23-9-7-8-10-23)35(20-22-13-16-25(41-2)17-14-22)30(37)21-36(24-15-18-28(33)27(32)19-24)42(39,40)26-11-5-4-6-12-26/h4-6,11-19,23,29H,3,7-10,20-21H2,1-2H3,(H,34,38). The van der Waals surface area contributed by atoms with Crippen molar-refractivity contribution < 1.29 is 27.1 Å². The Bertz CT molecular complexity index is 1480. The summed E-state index contributed by atoms with van der Waals surface area (Å²) in [5, 5.41) is 2.79. The first-order valence-electron chi connectivity index (χ1n) is 13.9. The van der Waals surface area contributed by atoms with Crippen molar-refractivity contribution in [2.45, 2.75) is 62.6 Å². The van der Waals surface area contributed by atoms with Crippen molar-refractivity contribution in [1.82, 2.24) is 10.2 Å². The molecule has 42 heavy (non-hydrogen) atoms. The highest BCUT2D eigenvalue weighted by atomic mass is 35.5. The lowest BCUT2D eigenvalue weighted by atomic mass is 10.1. The zero-order valence-electron chi connectivity index (χ0n) is 23.6. The lowest BCUT2D eigenvalue weighted by Gasteiger charge is -2.33. The van der Waals surface area contributed by atoms with Gasteiger partial charge in [-0.25, -0.2) is 12.8 Å². The fourth-order valence-electron chi connectivity index (χ4n) is 5.10. The van der Waals surface area contributed by atoms with Crippen LogP contribution in [0.25, 0.3) is 0 Å². The van der Waals surface area contributed by atoms with Gasteiger partial charge in [-0.1, -0.05) is 61.7 Å². The quantitative estimate of drug-likeness (QED) is 0.288. The maximum absolute atomic E-state index is 14.1. The zero-order valence-corrected chi connectivity index (χ0v) is 25.2. The molecule has 1 aliphatic rings. The molecule has 2 amide bonds. The zero-order chi connectivity index (χ0) is 30.3. The van der Waals surface area contributed by atoms with Crippen LogP contribution in [0.4, 0.5) is 10.1 Å². The van der Waals surface area contributed by atoms with Crippen molar-refractivity contribution in [3.05, 3.63) is 89.2 Å². The Morgan fingerprint density at radius 2 is 1.71 bits per heavy atom. The van der Waals surface area contributed by atoms with Crippen molar-refractivity contribution >= 4 is 39.1 Å². The van der Waals surface area contributed by atoms with Crippen molar-refractivity contribution in [1.29, 1.82) is 0 Å². The SMILES string of the molecule is CCC(C(=O)NC1CCCC1)N(Cc1ccc(OC)cc1)C(=O)CN(c1ccc(F)c(Cl)c1)S(=O)(=O)c1ccccc1. The van der Waals surface area contributed by atoms with Gasteiger partial charge in [0.05, 0.1) is 22.7 Å². The van der Waals surface area contributed by atoms with Crippen LogP contribution in [0.1, 0.15) is 44.6 Å². The number of halogens is 2. The van der Waals surface area contributed by atoms with Crippen LogP contribution in [0, 0.1) is 5.82 Å². The van der Waals surface area contributed by atoms with Crippen LogP contribution in [-0.4, -0.2) is 50.9 Å². The molecule has 0 aromatic heterocycles. The maximum atomic E-state index is 14.1. The van der Waals surface area contributed by atoms with Gasteiger partial charge in [-0.05, 0) is 67.3 Å². The topological polar surface area (TPSA) is 96.0 Å². The Labute approximate surface area is 251 Å². The van der Waals surface area contributed by atoms with Crippen LogP contribution < -0.4 is 14.4 Å². The van der Waals surface area contributed by atoms with Crippen LogP contribution in [0.15, 0.2) is 77.7 Å². The third-order valence-electron chi connectivity index (χ3n) is 7.40. The summed E-state index contributed by atoms with van der Waals surface area (Å²) in [5.41, 5.74) is 0.755. The summed E-state index contributed by atoms with van der Waals surface area (Å²) in [4.78, 5) is 29.0. The van der Waals surface area contributed by atoms with Gasteiger partial charge in [0.15, 0.2) is 0 Å². The molecule has 3 aromatic rings. The molecule has 0 spiro atoms. The molecule has 0 bridgehead atoms. The number of carbonyl (C=O) groups excluding carboxylic acids is 2. The summed E-state index contributed by atoms with van der Waals surface area (Å²) in [6, 6.07) is 17.4. The number of sulfonamides is 1.